The fourth-order valence-electron chi connectivity index (χ4n) is 3.13. The molecule has 1 heterocycles. The highest BCUT2D eigenvalue weighted by Gasteiger charge is 2.52. The lowest BCUT2D eigenvalue weighted by molar-refractivity contribution is -0.125. The summed E-state index contributed by atoms with van der Waals surface area (Å²) in [6.45, 7) is 12.1. The minimum Gasteiger partial charge on any atom is -0.350 e. The molecule has 1 saturated carbocycles. The average Bonchev–Trinajstić information content (AvgIpc) is 2.89. The first kappa shape index (κ1) is 13.9. The van der Waals surface area contributed by atoms with Gasteiger partial charge in [0.15, 0.2) is 0 Å². The first-order valence-electron chi connectivity index (χ1n) is 7.47. The molecule has 2 rings (SSSR count). The van der Waals surface area contributed by atoms with E-state index in [-0.39, 0.29) is 17.4 Å². The number of rotatable bonds is 5. The van der Waals surface area contributed by atoms with Crippen molar-refractivity contribution in [1.82, 2.24) is 10.2 Å². The Kier molecular flexibility index (Phi) is 4.00. The van der Waals surface area contributed by atoms with E-state index in [9.17, 15) is 4.79 Å². The molecule has 0 aromatic rings. The first-order valence-corrected chi connectivity index (χ1v) is 7.47. The van der Waals surface area contributed by atoms with Crippen molar-refractivity contribution in [3.63, 3.8) is 0 Å². The molecule has 104 valence electrons. The summed E-state index contributed by atoms with van der Waals surface area (Å²) >= 11 is 0. The molecule has 1 amide bonds. The van der Waals surface area contributed by atoms with Crippen molar-refractivity contribution in [2.75, 3.05) is 19.6 Å². The van der Waals surface area contributed by atoms with Crippen molar-refractivity contribution in [2.24, 2.45) is 17.8 Å². The van der Waals surface area contributed by atoms with E-state index in [0.717, 1.165) is 5.92 Å². The van der Waals surface area contributed by atoms with Crippen molar-refractivity contribution < 1.29 is 4.79 Å². The van der Waals surface area contributed by atoms with Gasteiger partial charge in [-0.15, -0.1) is 0 Å². The molecule has 1 unspecified atom stereocenters. The van der Waals surface area contributed by atoms with Gasteiger partial charge < -0.3 is 10.2 Å². The van der Waals surface area contributed by atoms with Gasteiger partial charge in [0, 0.05) is 24.5 Å². The summed E-state index contributed by atoms with van der Waals surface area (Å²) in [6.07, 6.45) is 3.63. The molecule has 0 bridgehead atoms. The predicted molar refractivity (Wildman–Crippen MR) is 74.3 cm³/mol. The van der Waals surface area contributed by atoms with E-state index in [4.69, 9.17) is 0 Å². The Hall–Kier alpha value is -0.570. The van der Waals surface area contributed by atoms with Gasteiger partial charge in [0.25, 0.3) is 0 Å². The molecule has 3 heteroatoms. The summed E-state index contributed by atoms with van der Waals surface area (Å²) in [5.41, 5.74) is 0.160. The number of likely N-dealkylation sites (tertiary alicyclic amines) is 1. The minimum absolute atomic E-state index is 0.107. The highest BCUT2D eigenvalue weighted by atomic mass is 16.2. The SMILES string of the molecule is CC(C)CN1CCC(C2(NC(=O)C(C)C)CC2)C1. The molecular formula is C15H28N2O. The lowest BCUT2D eigenvalue weighted by Crippen LogP contribution is -2.45. The van der Waals surface area contributed by atoms with Gasteiger partial charge >= 0.3 is 0 Å². The van der Waals surface area contributed by atoms with E-state index < -0.39 is 0 Å². The van der Waals surface area contributed by atoms with Gasteiger partial charge in [-0.25, -0.2) is 0 Å². The molecule has 1 aliphatic heterocycles. The molecule has 0 aromatic carbocycles. The predicted octanol–water partition coefficient (Wildman–Crippen LogP) is 2.27. The van der Waals surface area contributed by atoms with Crippen molar-refractivity contribution in [3.05, 3.63) is 0 Å². The lowest BCUT2D eigenvalue weighted by atomic mass is 9.95. The fourth-order valence-corrected chi connectivity index (χ4v) is 3.13. The van der Waals surface area contributed by atoms with Crippen LogP contribution < -0.4 is 5.32 Å². The number of carbonyl (C=O) groups is 1. The fraction of sp³-hybridized carbons (Fsp3) is 0.933. The Balaban J connectivity index is 1.87. The van der Waals surface area contributed by atoms with Crippen LogP contribution >= 0.6 is 0 Å². The van der Waals surface area contributed by atoms with Gasteiger partial charge in [0.05, 0.1) is 0 Å². The average molecular weight is 252 g/mol. The quantitative estimate of drug-likeness (QED) is 0.814. The first-order chi connectivity index (χ1) is 8.43. The summed E-state index contributed by atoms with van der Waals surface area (Å²) < 4.78 is 0. The second-order valence-electron chi connectivity index (χ2n) is 6.94. The monoisotopic (exact) mass is 252 g/mol. The van der Waals surface area contributed by atoms with Crippen LogP contribution in [-0.2, 0) is 4.79 Å². The third-order valence-electron chi connectivity index (χ3n) is 4.36. The van der Waals surface area contributed by atoms with Gasteiger partial charge in [-0.2, -0.15) is 0 Å². The molecule has 0 spiro atoms. The summed E-state index contributed by atoms with van der Waals surface area (Å²) in [6, 6.07) is 0. The second-order valence-corrected chi connectivity index (χ2v) is 6.94. The van der Waals surface area contributed by atoms with Gasteiger partial charge in [-0.05, 0) is 37.6 Å². The van der Waals surface area contributed by atoms with Crippen LogP contribution in [0.5, 0.6) is 0 Å². The van der Waals surface area contributed by atoms with Gasteiger partial charge in [0.2, 0.25) is 5.91 Å². The number of nitrogens with zero attached hydrogens (tertiary/aromatic N) is 1. The van der Waals surface area contributed by atoms with Gasteiger partial charge in [-0.1, -0.05) is 27.7 Å². The van der Waals surface area contributed by atoms with E-state index in [1.165, 1.54) is 38.9 Å². The third-order valence-corrected chi connectivity index (χ3v) is 4.36. The Labute approximate surface area is 111 Å². The van der Waals surface area contributed by atoms with Gasteiger partial charge in [0.1, 0.15) is 0 Å². The molecule has 1 atom stereocenters. The molecule has 1 aliphatic carbocycles. The van der Waals surface area contributed by atoms with Crippen LogP contribution in [0.25, 0.3) is 0 Å². The van der Waals surface area contributed by atoms with E-state index in [2.05, 4.69) is 24.1 Å². The normalized spacial score (nSPS) is 26.9. The van der Waals surface area contributed by atoms with Crippen molar-refractivity contribution in [3.8, 4) is 0 Å². The van der Waals surface area contributed by atoms with Crippen LogP contribution in [0.1, 0.15) is 47.0 Å². The van der Waals surface area contributed by atoms with E-state index >= 15 is 0 Å². The maximum Gasteiger partial charge on any atom is 0.222 e. The number of amides is 1. The van der Waals surface area contributed by atoms with Crippen LogP contribution in [0.2, 0.25) is 0 Å². The summed E-state index contributed by atoms with van der Waals surface area (Å²) in [5.74, 6) is 1.76. The molecule has 3 nitrogen and oxygen atoms in total. The third kappa shape index (κ3) is 3.05. The number of carbonyl (C=O) groups excluding carboxylic acids is 1. The molecule has 2 fully saturated rings. The van der Waals surface area contributed by atoms with Crippen molar-refractivity contribution in [1.29, 1.82) is 0 Å². The Morgan fingerprint density at radius 2 is 2.00 bits per heavy atom. The smallest absolute Gasteiger partial charge is 0.222 e. The Morgan fingerprint density at radius 3 is 2.50 bits per heavy atom. The molecule has 2 aliphatic rings. The lowest BCUT2D eigenvalue weighted by Gasteiger charge is -2.26. The molecule has 18 heavy (non-hydrogen) atoms. The second kappa shape index (κ2) is 5.20. The maximum atomic E-state index is 11.9. The van der Waals surface area contributed by atoms with E-state index in [0.29, 0.717) is 5.92 Å². The summed E-state index contributed by atoms with van der Waals surface area (Å²) in [7, 11) is 0. The zero-order valence-corrected chi connectivity index (χ0v) is 12.3. The summed E-state index contributed by atoms with van der Waals surface area (Å²) in [4.78, 5) is 14.5. The van der Waals surface area contributed by atoms with E-state index in [1.54, 1.807) is 0 Å². The zero-order chi connectivity index (χ0) is 13.3. The Morgan fingerprint density at radius 1 is 1.33 bits per heavy atom. The van der Waals surface area contributed by atoms with Crippen LogP contribution in [0.4, 0.5) is 0 Å². The van der Waals surface area contributed by atoms with Crippen molar-refractivity contribution in [2.45, 2.75) is 52.5 Å². The maximum absolute atomic E-state index is 11.9. The highest BCUT2D eigenvalue weighted by molar-refractivity contribution is 5.79. The van der Waals surface area contributed by atoms with Crippen LogP contribution in [-0.4, -0.2) is 36.0 Å². The molecule has 0 aromatic heterocycles. The number of hydrogen-bond acceptors (Lipinski definition) is 2. The van der Waals surface area contributed by atoms with Crippen LogP contribution in [0.15, 0.2) is 0 Å². The van der Waals surface area contributed by atoms with Gasteiger partial charge in [-0.3, -0.25) is 4.79 Å². The molecule has 1 saturated heterocycles. The number of hydrogen-bond donors (Lipinski definition) is 1. The standard InChI is InChI=1S/C15H28N2O/c1-11(2)9-17-8-5-13(10-17)15(6-7-15)16-14(18)12(3)4/h11-13H,5-10H2,1-4H3,(H,16,18). The topological polar surface area (TPSA) is 32.3 Å². The van der Waals surface area contributed by atoms with E-state index in [1.807, 2.05) is 13.8 Å². The highest BCUT2D eigenvalue weighted by Crippen LogP contribution is 2.46. The van der Waals surface area contributed by atoms with Crippen LogP contribution in [0, 0.1) is 17.8 Å². The molecule has 0 radical (unpaired) electrons. The zero-order valence-electron chi connectivity index (χ0n) is 12.3. The van der Waals surface area contributed by atoms with Crippen molar-refractivity contribution >= 4 is 5.91 Å². The number of nitrogens with one attached hydrogen (secondary N) is 1. The van der Waals surface area contributed by atoms with Crippen LogP contribution in [0.3, 0.4) is 0 Å². The molecule has 1 N–H and O–H groups in total. The minimum atomic E-state index is 0.107. The summed E-state index contributed by atoms with van der Waals surface area (Å²) in [5, 5.41) is 3.32. The molecular weight excluding hydrogens is 224 g/mol. The largest absolute Gasteiger partial charge is 0.350 e. The Bertz CT molecular complexity index is 308.